The topological polar surface area (TPSA) is 46.2 Å². The van der Waals surface area contributed by atoms with Crippen molar-refractivity contribution in [2.45, 2.75) is 6.92 Å². The molecule has 0 unspecified atom stereocenters. The van der Waals surface area contributed by atoms with E-state index in [1.54, 1.807) is 29.5 Å². The minimum absolute atomic E-state index is 0. The van der Waals surface area contributed by atoms with E-state index in [-0.39, 0.29) is 18.2 Å². The number of nitrogens with two attached hydrogens (primary N) is 1. The first-order valence-corrected chi connectivity index (χ1v) is 5.19. The van der Waals surface area contributed by atoms with Gasteiger partial charge in [0.15, 0.2) is 0 Å². The molecule has 0 aliphatic heterocycles. The van der Waals surface area contributed by atoms with Crippen molar-refractivity contribution in [3.8, 4) is 16.9 Å². The molecule has 4 heteroatoms. The zero-order valence-electron chi connectivity index (χ0n) is 8.23. The molecule has 1 heterocycles. The lowest BCUT2D eigenvalue weighted by atomic mass is 10.1. The van der Waals surface area contributed by atoms with E-state index < -0.39 is 0 Å². The van der Waals surface area contributed by atoms with Gasteiger partial charge in [0.1, 0.15) is 5.75 Å². The second kappa shape index (κ2) is 4.55. The first kappa shape index (κ1) is 11.9. The van der Waals surface area contributed by atoms with Crippen molar-refractivity contribution in [1.29, 1.82) is 0 Å². The number of phenols is 1. The van der Waals surface area contributed by atoms with Crippen LogP contribution in [0.4, 0.5) is 5.69 Å². The number of rotatable bonds is 1. The molecule has 0 aliphatic rings. The average Bonchev–Trinajstić information content (AvgIpc) is 2.56. The van der Waals surface area contributed by atoms with E-state index in [1.807, 2.05) is 18.4 Å². The van der Waals surface area contributed by atoms with E-state index in [0.29, 0.717) is 5.69 Å². The summed E-state index contributed by atoms with van der Waals surface area (Å²) in [6.45, 7) is 2.04. The third-order valence-corrected chi connectivity index (χ3v) is 2.92. The van der Waals surface area contributed by atoms with Gasteiger partial charge in [0.05, 0.1) is 0 Å². The number of phenolic OH excluding ortho intramolecular Hbond substituents is 1. The number of hydrogen-bond donors (Lipinski definition) is 2. The summed E-state index contributed by atoms with van der Waals surface area (Å²) in [6, 6.07) is 7.14. The highest BCUT2D eigenvalue weighted by Crippen LogP contribution is 2.33. The number of benzene rings is 1. The fourth-order valence-electron chi connectivity index (χ4n) is 1.37. The molecule has 1 aromatic heterocycles. The van der Waals surface area contributed by atoms with E-state index >= 15 is 0 Å². The van der Waals surface area contributed by atoms with Crippen molar-refractivity contribution in [2.24, 2.45) is 0 Å². The third-order valence-electron chi connectivity index (χ3n) is 2.06. The largest absolute Gasteiger partial charge is 0.507 e. The number of halogens is 1. The first-order chi connectivity index (χ1) is 6.66. The standard InChI is InChI=1S/C11H11NOS.ClH/c1-7-4-8(6-14-7)10-5-9(12)2-3-11(10)13;/h2-6,13H,12H2,1H3;1H. The van der Waals surface area contributed by atoms with Crippen molar-refractivity contribution in [3.63, 3.8) is 0 Å². The van der Waals surface area contributed by atoms with Gasteiger partial charge in [-0.3, -0.25) is 0 Å². The van der Waals surface area contributed by atoms with Gasteiger partial charge in [0.2, 0.25) is 0 Å². The number of aryl methyl sites for hydroxylation is 1. The second-order valence-corrected chi connectivity index (χ2v) is 4.34. The molecule has 0 aliphatic carbocycles. The van der Waals surface area contributed by atoms with Crippen LogP contribution in [0, 0.1) is 6.92 Å². The lowest BCUT2D eigenvalue weighted by molar-refractivity contribution is 0.477. The maximum absolute atomic E-state index is 9.65. The highest BCUT2D eigenvalue weighted by molar-refractivity contribution is 7.10. The normalized spacial score (nSPS) is 9.67. The Balaban J connectivity index is 0.00000112. The van der Waals surface area contributed by atoms with Crippen molar-refractivity contribution in [1.82, 2.24) is 0 Å². The quantitative estimate of drug-likeness (QED) is 0.594. The van der Waals surface area contributed by atoms with E-state index in [4.69, 9.17) is 5.73 Å². The Labute approximate surface area is 98.8 Å². The summed E-state index contributed by atoms with van der Waals surface area (Å²) in [4.78, 5) is 1.22. The molecule has 1 aromatic carbocycles. The van der Waals surface area contributed by atoms with Crippen LogP contribution in [-0.4, -0.2) is 5.11 Å². The zero-order chi connectivity index (χ0) is 10.1. The smallest absolute Gasteiger partial charge is 0.123 e. The van der Waals surface area contributed by atoms with Gasteiger partial charge in [-0.25, -0.2) is 0 Å². The number of aromatic hydroxyl groups is 1. The fourth-order valence-corrected chi connectivity index (χ4v) is 2.07. The van der Waals surface area contributed by atoms with Crippen LogP contribution in [0.25, 0.3) is 11.1 Å². The summed E-state index contributed by atoms with van der Waals surface area (Å²) < 4.78 is 0. The van der Waals surface area contributed by atoms with Gasteiger partial charge in [-0.15, -0.1) is 23.7 Å². The molecule has 2 aromatic rings. The molecule has 0 atom stereocenters. The molecule has 15 heavy (non-hydrogen) atoms. The maximum atomic E-state index is 9.65. The number of anilines is 1. The Kier molecular flexibility index (Phi) is 3.61. The van der Waals surface area contributed by atoms with E-state index in [0.717, 1.165) is 11.1 Å². The van der Waals surface area contributed by atoms with Gasteiger partial charge in [0.25, 0.3) is 0 Å². The molecular weight excluding hydrogens is 230 g/mol. The molecule has 3 N–H and O–H groups in total. The molecular formula is C11H12ClNOS. The third kappa shape index (κ3) is 2.43. The van der Waals surface area contributed by atoms with Crippen LogP contribution in [0.15, 0.2) is 29.6 Å². The molecule has 0 amide bonds. The fraction of sp³-hybridized carbons (Fsp3) is 0.0909. The molecule has 2 nitrogen and oxygen atoms in total. The lowest BCUT2D eigenvalue weighted by Gasteiger charge is -2.02. The van der Waals surface area contributed by atoms with Gasteiger partial charge in [-0.2, -0.15) is 0 Å². The second-order valence-electron chi connectivity index (χ2n) is 3.22. The van der Waals surface area contributed by atoms with Gasteiger partial charge < -0.3 is 10.8 Å². The molecule has 80 valence electrons. The number of thiophene rings is 1. The summed E-state index contributed by atoms with van der Waals surface area (Å²) >= 11 is 1.66. The van der Waals surface area contributed by atoms with Gasteiger partial charge >= 0.3 is 0 Å². The van der Waals surface area contributed by atoms with Gasteiger partial charge in [-0.1, -0.05) is 0 Å². The first-order valence-electron chi connectivity index (χ1n) is 4.31. The molecule has 0 saturated heterocycles. The van der Waals surface area contributed by atoms with Gasteiger partial charge in [-0.05, 0) is 42.1 Å². The highest BCUT2D eigenvalue weighted by Gasteiger charge is 2.05. The Morgan fingerprint density at radius 2 is 2.00 bits per heavy atom. The Bertz CT molecular complexity index is 467. The van der Waals surface area contributed by atoms with Gasteiger partial charge in [0, 0.05) is 16.1 Å². The summed E-state index contributed by atoms with van der Waals surface area (Å²) in [5.41, 5.74) is 8.16. The Hall–Kier alpha value is -1.19. The van der Waals surface area contributed by atoms with Crippen LogP contribution < -0.4 is 5.73 Å². The Morgan fingerprint density at radius 1 is 1.27 bits per heavy atom. The predicted octanol–water partition coefficient (Wildman–Crippen LogP) is 3.43. The van der Waals surface area contributed by atoms with Crippen LogP contribution in [0.2, 0.25) is 0 Å². The lowest BCUT2D eigenvalue weighted by Crippen LogP contribution is -1.85. The van der Waals surface area contributed by atoms with E-state index in [9.17, 15) is 5.11 Å². The summed E-state index contributed by atoms with van der Waals surface area (Å²) in [6.07, 6.45) is 0. The molecule has 0 saturated carbocycles. The molecule has 0 radical (unpaired) electrons. The van der Waals surface area contributed by atoms with Crippen molar-refractivity contribution >= 4 is 29.4 Å². The van der Waals surface area contributed by atoms with Crippen LogP contribution in [-0.2, 0) is 0 Å². The number of hydrogen-bond acceptors (Lipinski definition) is 3. The zero-order valence-corrected chi connectivity index (χ0v) is 9.86. The van der Waals surface area contributed by atoms with E-state index in [1.165, 1.54) is 4.88 Å². The minimum atomic E-state index is 0. The highest BCUT2D eigenvalue weighted by atomic mass is 35.5. The predicted molar refractivity (Wildman–Crippen MR) is 67.8 cm³/mol. The summed E-state index contributed by atoms with van der Waals surface area (Å²) in [5, 5.41) is 11.7. The number of nitrogen functional groups attached to an aromatic ring is 1. The minimum Gasteiger partial charge on any atom is -0.507 e. The monoisotopic (exact) mass is 241 g/mol. The molecule has 0 spiro atoms. The van der Waals surface area contributed by atoms with Crippen LogP contribution in [0.5, 0.6) is 5.75 Å². The van der Waals surface area contributed by atoms with Crippen LogP contribution in [0.3, 0.4) is 0 Å². The van der Waals surface area contributed by atoms with Crippen LogP contribution in [0.1, 0.15) is 4.88 Å². The van der Waals surface area contributed by atoms with Crippen molar-refractivity contribution in [2.75, 3.05) is 5.73 Å². The summed E-state index contributed by atoms with van der Waals surface area (Å²) in [5.74, 6) is 0.275. The van der Waals surface area contributed by atoms with Crippen molar-refractivity contribution < 1.29 is 5.11 Å². The molecule has 0 bridgehead atoms. The molecule has 2 rings (SSSR count). The van der Waals surface area contributed by atoms with Crippen LogP contribution >= 0.6 is 23.7 Å². The maximum Gasteiger partial charge on any atom is 0.123 e. The SMILES string of the molecule is Cc1cc(-c2cc(N)ccc2O)cs1.Cl. The average molecular weight is 242 g/mol. The van der Waals surface area contributed by atoms with Crippen molar-refractivity contribution in [3.05, 3.63) is 34.5 Å². The summed E-state index contributed by atoms with van der Waals surface area (Å²) in [7, 11) is 0. The Morgan fingerprint density at radius 3 is 2.60 bits per heavy atom. The van der Waals surface area contributed by atoms with E-state index in [2.05, 4.69) is 0 Å². The molecule has 0 fully saturated rings.